The number of rotatable bonds is 9. The van der Waals surface area contributed by atoms with E-state index in [1.807, 2.05) is 36.4 Å². The zero-order valence-electron chi connectivity index (χ0n) is 20.0. The molecule has 1 aliphatic carbocycles. The fraction of sp³-hybridized carbons (Fsp3) is 0.481. The standard InChI is InChI=1S/C27H36N4O2.HI/c1-2-28-27(31-15-14-23(18-31)20-33-19-21-8-4-3-5-9-21)29-17-22-10-6-13-25(16-22)30-26(32)24-11-7-12-24;/h3-6,8-10,13,16,23-24H,2,7,11-12,14-15,17-20H2,1H3,(H,28,29)(H,30,32);1H. The van der Waals surface area contributed by atoms with E-state index in [4.69, 9.17) is 9.73 Å². The normalized spacial score (nSPS) is 18.2. The molecule has 34 heavy (non-hydrogen) atoms. The van der Waals surface area contributed by atoms with Crippen LogP contribution in [0.15, 0.2) is 59.6 Å². The first kappa shape index (κ1) is 26.5. The van der Waals surface area contributed by atoms with Crippen LogP contribution in [-0.2, 0) is 22.7 Å². The van der Waals surface area contributed by atoms with E-state index < -0.39 is 0 Å². The molecule has 2 aliphatic rings. The highest BCUT2D eigenvalue weighted by molar-refractivity contribution is 14.0. The van der Waals surface area contributed by atoms with Gasteiger partial charge < -0.3 is 20.3 Å². The first-order valence-electron chi connectivity index (χ1n) is 12.3. The van der Waals surface area contributed by atoms with Crippen molar-refractivity contribution in [3.8, 4) is 0 Å². The van der Waals surface area contributed by atoms with Crippen molar-refractivity contribution in [3.05, 3.63) is 65.7 Å². The van der Waals surface area contributed by atoms with E-state index in [0.29, 0.717) is 19.1 Å². The maximum atomic E-state index is 12.3. The monoisotopic (exact) mass is 576 g/mol. The van der Waals surface area contributed by atoms with Crippen molar-refractivity contribution in [2.75, 3.05) is 31.6 Å². The zero-order chi connectivity index (χ0) is 22.9. The highest BCUT2D eigenvalue weighted by Crippen LogP contribution is 2.27. The molecule has 1 atom stereocenters. The highest BCUT2D eigenvalue weighted by Gasteiger charge is 2.26. The number of halogens is 1. The minimum atomic E-state index is 0. The van der Waals surface area contributed by atoms with Crippen molar-refractivity contribution in [3.63, 3.8) is 0 Å². The number of nitrogens with one attached hydrogen (secondary N) is 2. The summed E-state index contributed by atoms with van der Waals surface area (Å²) in [6.07, 6.45) is 4.30. The molecule has 1 aliphatic heterocycles. The summed E-state index contributed by atoms with van der Waals surface area (Å²) in [5, 5.41) is 6.50. The molecule has 7 heteroatoms. The minimum Gasteiger partial charge on any atom is -0.376 e. The smallest absolute Gasteiger partial charge is 0.227 e. The average molecular weight is 577 g/mol. The van der Waals surface area contributed by atoms with Crippen molar-refractivity contribution < 1.29 is 9.53 Å². The van der Waals surface area contributed by atoms with Gasteiger partial charge >= 0.3 is 0 Å². The number of hydrogen-bond acceptors (Lipinski definition) is 3. The molecule has 1 saturated heterocycles. The lowest BCUT2D eigenvalue weighted by atomic mass is 9.85. The Balaban J connectivity index is 0.00000324. The van der Waals surface area contributed by atoms with Gasteiger partial charge in [-0.1, -0.05) is 48.9 Å². The summed E-state index contributed by atoms with van der Waals surface area (Å²) in [6, 6.07) is 18.4. The molecule has 2 aromatic rings. The van der Waals surface area contributed by atoms with Crippen LogP contribution in [0.4, 0.5) is 5.69 Å². The van der Waals surface area contributed by atoms with Crippen LogP contribution in [0.1, 0.15) is 43.7 Å². The second-order valence-corrected chi connectivity index (χ2v) is 9.09. The number of amides is 1. The predicted molar refractivity (Wildman–Crippen MR) is 148 cm³/mol. The van der Waals surface area contributed by atoms with Gasteiger partial charge in [0.05, 0.1) is 19.8 Å². The summed E-state index contributed by atoms with van der Waals surface area (Å²) >= 11 is 0. The van der Waals surface area contributed by atoms with Crippen LogP contribution >= 0.6 is 24.0 Å². The molecule has 2 aromatic carbocycles. The number of nitrogens with zero attached hydrogens (tertiary/aromatic N) is 2. The fourth-order valence-corrected chi connectivity index (χ4v) is 4.33. The third-order valence-corrected chi connectivity index (χ3v) is 6.47. The van der Waals surface area contributed by atoms with Crippen LogP contribution in [0, 0.1) is 11.8 Å². The Morgan fingerprint density at radius 3 is 2.62 bits per heavy atom. The van der Waals surface area contributed by atoms with E-state index in [0.717, 1.165) is 69.1 Å². The van der Waals surface area contributed by atoms with E-state index >= 15 is 0 Å². The van der Waals surface area contributed by atoms with E-state index in [-0.39, 0.29) is 35.8 Å². The first-order chi connectivity index (χ1) is 16.2. The number of carbonyl (C=O) groups excluding carboxylic acids is 1. The van der Waals surface area contributed by atoms with Gasteiger partial charge in [-0.05, 0) is 49.4 Å². The lowest BCUT2D eigenvalue weighted by Gasteiger charge is -2.24. The van der Waals surface area contributed by atoms with Crippen molar-refractivity contribution in [2.24, 2.45) is 16.8 Å². The van der Waals surface area contributed by atoms with Gasteiger partial charge in [0.2, 0.25) is 5.91 Å². The Bertz CT molecular complexity index is 933. The Labute approximate surface area is 220 Å². The number of guanidine groups is 1. The van der Waals surface area contributed by atoms with Gasteiger partial charge in [-0.25, -0.2) is 4.99 Å². The molecule has 1 heterocycles. The van der Waals surface area contributed by atoms with Gasteiger partial charge in [0.15, 0.2) is 5.96 Å². The summed E-state index contributed by atoms with van der Waals surface area (Å²) in [5.74, 6) is 1.80. The molecule has 0 spiro atoms. The van der Waals surface area contributed by atoms with Crippen molar-refractivity contribution in [1.82, 2.24) is 10.2 Å². The molecule has 6 nitrogen and oxygen atoms in total. The van der Waals surface area contributed by atoms with Crippen molar-refractivity contribution >= 4 is 41.5 Å². The summed E-state index contributed by atoms with van der Waals surface area (Å²) in [4.78, 5) is 19.5. The molecule has 184 valence electrons. The van der Waals surface area contributed by atoms with Gasteiger partial charge in [0.1, 0.15) is 0 Å². The topological polar surface area (TPSA) is 66.0 Å². The number of benzene rings is 2. The SMILES string of the molecule is CCNC(=NCc1cccc(NC(=O)C2CCC2)c1)N1CCC(COCc2ccccc2)C1.I. The van der Waals surface area contributed by atoms with Crippen LogP contribution in [0.2, 0.25) is 0 Å². The number of anilines is 1. The Morgan fingerprint density at radius 1 is 1.09 bits per heavy atom. The molecule has 0 bridgehead atoms. The number of aliphatic imine (C=N–C) groups is 1. The largest absolute Gasteiger partial charge is 0.376 e. The lowest BCUT2D eigenvalue weighted by molar-refractivity contribution is -0.122. The van der Waals surface area contributed by atoms with Crippen LogP contribution in [0.3, 0.4) is 0 Å². The lowest BCUT2D eigenvalue weighted by Crippen LogP contribution is -2.40. The molecule has 1 saturated carbocycles. The number of likely N-dealkylation sites (tertiary alicyclic amines) is 1. The van der Waals surface area contributed by atoms with Crippen LogP contribution in [0.5, 0.6) is 0 Å². The predicted octanol–water partition coefficient (Wildman–Crippen LogP) is 5.05. The molecule has 0 radical (unpaired) electrons. The Morgan fingerprint density at radius 2 is 1.88 bits per heavy atom. The molecule has 0 aromatic heterocycles. The maximum absolute atomic E-state index is 12.3. The van der Waals surface area contributed by atoms with Crippen LogP contribution in [0.25, 0.3) is 0 Å². The molecule has 1 unspecified atom stereocenters. The number of carbonyl (C=O) groups is 1. The molecular formula is C27H37IN4O2. The second kappa shape index (κ2) is 13.7. The summed E-state index contributed by atoms with van der Waals surface area (Å²) in [5.41, 5.74) is 3.17. The molecule has 4 rings (SSSR count). The number of ether oxygens (including phenoxy) is 1. The second-order valence-electron chi connectivity index (χ2n) is 9.09. The highest BCUT2D eigenvalue weighted by atomic mass is 127. The molecule has 2 fully saturated rings. The zero-order valence-corrected chi connectivity index (χ0v) is 22.4. The van der Waals surface area contributed by atoms with E-state index in [1.54, 1.807) is 0 Å². The van der Waals surface area contributed by atoms with E-state index in [9.17, 15) is 4.79 Å². The van der Waals surface area contributed by atoms with Gasteiger partial charge in [-0.3, -0.25) is 4.79 Å². The van der Waals surface area contributed by atoms with Gasteiger partial charge in [0.25, 0.3) is 0 Å². The third kappa shape index (κ3) is 7.70. The average Bonchev–Trinajstić information content (AvgIpc) is 3.25. The summed E-state index contributed by atoms with van der Waals surface area (Å²) in [6.45, 7) is 6.90. The van der Waals surface area contributed by atoms with E-state index in [1.165, 1.54) is 5.56 Å². The number of hydrogen-bond donors (Lipinski definition) is 2. The Kier molecular flexibility index (Phi) is 10.7. The van der Waals surface area contributed by atoms with Gasteiger partial charge in [-0.15, -0.1) is 24.0 Å². The van der Waals surface area contributed by atoms with Crippen LogP contribution < -0.4 is 10.6 Å². The van der Waals surface area contributed by atoms with Crippen molar-refractivity contribution in [1.29, 1.82) is 0 Å². The summed E-state index contributed by atoms with van der Waals surface area (Å²) < 4.78 is 5.97. The fourth-order valence-electron chi connectivity index (χ4n) is 4.33. The molecular weight excluding hydrogens is 539 g/mol. The van der Waals surface area contributed by atoms with Crippen molar-refractivity contribution in [2.45, 2.75) is 45.8 Å². The first-order valence-corrected chi connectivity index (χ1v) is 12.3. The molecule has 1 amide bonds. The minimum absolute atomic E-state index is 0. The van der Waals surface area contributed by atoms with Gasteiger partial charge in [0, 0.05) is 37.2 Å². The van der Waals surface area contributed by atoms with Crippen LogP contribution in [-0.4, -0.2) is 43.0 Å². The van der Waals surface area contributed by atoms with E-state index in [2.05, 4.69) is 40.7 Å². The molecule has 2 N–H and O–H groups in total. The Hall–Kier alpha value is -2.13. The third-order valence-electron chi connectivity index (χ3n) is 6.47. The van der Waals surface area contributed by atoms with Gasteiger partial charge in [-0.2, -0.15) is 0 Å². The maximum Gasteiger partial charge on any atom is 0.227 e. The summed E-state index contributed by atoms with van der Waals surface area (Å²) in [7, 11) is 0. The quantitative estimate of drug-likeness (QED) is 0.249.